The fourth-order valence-corrected chi connectivity index (χ4v) is 1.93. The molecule has 1 heterocycles. The van der Waals surface area contributed by atoms with Gasteiger partial charge in [-0.3, -0.25) is 4.79 Å². The summed E-state index contributed by atoms with van der Waals surface area (Å²) in [7, 11) is 0. The average Bonchev–Trinajstić information content (AvgIpc) is 2.37. The second kappa shape index (κ2) is 6.16. The first-order valence-corrected chi connectivity index (χ1v) is 6.57. The lowest BCUT2D eigenvalue weighted by molar-refractivity contribution is -0.116. The Bertz CT molecular complexity index is 451. The number of carbonyl (C=O) groups excluding carboxylic acids is 1. The van der Waals surface area contributed by atoms with Crippen molar-refractivity contribution in [1.82, 2.24) is 0 Å². The third kappa shape index (κ3) is 3.21. The number of ether oxygens (including phenoxy) is 2. The number of amides is 1. The Morgan fingerprint density at radius 2 is 1.94 bits per heavy atom. The van der Waals surface area contributed by atoms with Crippen molar-refractivity contribution in [3.05, 3.63) is 17.2 Å². The molecule has 1 aliphatic rings. The third-order valence-electron chi connectivity index (χ3n) is 2.44. The number of fused-ring (bicyclic) bond motifs is 1. The van der Waals surface area contributed by atoms with E-state index in [4.69, 9.17) is 32.7 Å². The fourth-order valence-electron chi connectivity index (χ4n) is 1.60. The average molecular weight is 290 g/mol. The molecule has 0 saturated heterocycles. The summed E-state index contributed by atoms with van der Waals surface area (Å²) in [5.41, 5.74) is 0.528. The minimum absolute atomic E-state index is 0.116. The largest absolute Gasteiger partial charge is 0.486 e. The van der Waals surface area contributed by atoms with Crippen LogP contribution in [-0.4, -0.2) is 25.0 Å². The lowest BCUT2D eigenvalue weighted by Crippen LogP contribution is -2.16. The van der Waals surface area contributed by atoms with Gasteiger partial charge in [0.2, 0.25) is 5.91 Å². The van der Waals surface area contributed by atoms with E-state index < -0.39 is 0 Å². The van der Waals surface area contributed by atoms with Crippen LogP contribution >= 0.6 is 23.2 Å². The van der Waals surface area contributed by atoms with Crippen LogP contribution < -0.4 is 14.8 Å². The highest BCUT2D eigenvalue weighted by molar-refractivity contribution is 6.34. The van der Waals surface area contributed by atoms with Crippen LogP contribution in [0.1, 0.15) is 12.8 Å². The molecule has 0 aliphatic carbocycles. The lowest BCUT2D eigenvalue weighted by atomic mass is 10.2. The maximum absolute atomic E-state index is 11.6. The molecule has 0 fully saturated rings. The van der Waals surface area contributed by atoms with Crippen molar-refractivity contribution in [2.45, 2.75) is 12.8 Å². The monoisotopic (exact) mass is 289 g/mol. The zero-order valence-electron chi connectivity index (χ0n) is 9.67. The number of benzene rings is 1. The van der Waals surface area contributed by atoms with Gasteiger partial charge in [-0.2, -0.15) is 0 Å². The Kier molecular flexibility index (Phi) is 4.55. The highest BCUT2D eigenvalue weighted by Crippen LogP contribution is 2.37. The summed E-state index contributed by atoms with van der Waals surface area (Å²) in [5, 5.41) is 3.16. The van der Waals surface area contributed by atoms with E-state index in [9.17, 15) is 4.79 Å². The molecule has 0 radical (unpaired) electrons. The topological polar surface area (TPSA) is 47.6 Å². The van der Waals surface area contributed by atoms with E-state index in [-0.39, 0.29) is 5.91 Å². The summed E-state index contributed by atoms with van der Waals surface area (Å²) in [5.74, 6) is 1.54. The molecule has 0 spiro atoms. The molecule has 0 atom stereocenters. The number of anilines is 1. The first-order valence-electron chi connectivity index (χ1n) is 5.65. The molecule has 1 amide bonds. The van der Waals surface area contributed by atoms with Crippen LogP contribution in [0.5, 0.6) is 11.5 Å². The molecule has 4 nitrogen and oxygen atoms in total. The first-order chi connectivity index (χ1) is 8.70. The van der Waals surface area contributed by atoms with Crippen molar-refractivity contribution >= 4 is 34.8 Å². The lowest BCUT2D eigenvalue weighted by Gasteiger charge is -2.20. The molecular weight excluding hydrogens is 277 g/mol. The summed E-state index contributed by atoms with van der Waals surface area (Å²) in [6.45, 7) is 0.999. The van der Waals surface area contributed by atoms with Crippen LogP contribution in [-0.2, 0) is 4.79 Å². The highest BCUT2D eigenvalue weighted by Gasteiger charge is 2.16. The molecule has 98 valence electrons. The Balaban J connectivity index is 2.10. The standard InChI is InChI=1S/C12H13Cl2NO3/c13-3-1-2-12(16)15-9-7-11-10(6-8(9)14)17-4-5-18-11/h6-7H,1-5H2,(H,15,16). The van der Waals surface area contributed by atoms with E-state index in [1.807, 2.05) is 0 Å². The molecule has 1 aromatic rings. The van der Waals surface area contributed by atoms with Crippen LogP contribution in [0.4, 0.5) is 5.69 Å². The van der Waals surface area contributed by atoms with E-state index in [1.165, 1.54) is 0 Å². The smallest absolute Gasteiger partial charge is 0.224 e. The molecule has 1 N–H and O–H groups in total. The van der Waals surface area contributed by atoms with Gasteiger partial charge in [-0.25, -0.2) is 0 Å². The Morgan fingerprint density at radius 3 is 2.61 bits per heavy atom. The van der Waals surface area contributed by atoms with Crippen LogP contribution in [0, 0.1) is 0 Å². The van der Waals surface area contributed by atoms with Gasteiger partial charge in [0.05, 0.1) is 10.7 Å². The summed E-state index contributed by atoms with van der Waals surface area (Å²) < 4.78 is 10.8. The number of alkyl halides is 1. The predicted molar refractivity (Wildman–Crippen MR) is 71.0 cm³/mol. The summed E-state index contributed by atoms with van der Waals surface area (Å²) in [4.78, 5) is 11.6. The van der Waals surface area contributed by atoms with Crippen LogP contribution in [0.15, 0.2) is 12.1 Å². The number of rotatable bonds is 4. The van der Waals surface area contributed by atoms with Gasteiger partial charge in [0.15, 0.2) is 11.5 Å². The second-order valence-corrected chi connectivity index (χ2v) is 4.60. The Morgan fingerprint density at radius 1 is 1.28 bits per heavy atom. The molecule has 18 heavy (non-hydrogen) atoms. The first kappa shape index (κ1) is 13.3. The summed E-state index contributed by atoms with van der Waals surface area (Å²) in [6, 6.07) is 3.32. The SMILES string of the molecule is O=C(CCCCl)Nc1cc2c(cc1Cl)OCCO2. The van der Waals surface area contributed by atoms with E-state index in [2.05, 4.69) is 5.32 Å². The van der Waals surface area contributed by atoms with Gasteiger partial charge in [-0.1, -0.05) is 11.6 Å². The van der Waals surface area contributed by atoms with Gasteiger partial charge in [0.1, 0.15) is 13.2 Å². The molecule has 1 aliphatic heterocycles. The van der Waals surface area contributed by atoms with Gasteiger partial charge in [-0.15, -0.1) is 11.6 Å². The number of hydrogen-bond donors (Lipinski definition) is 1. The summed E-state index contributed by atoms with van der Waals surface area (Å²) in [6.07, 6.45) is 1.00. The second-order valence-electron chi connectivity index (χ2n) is 3.82. The molecule has 6 heteroatoms. The maximum Gasteiger partial charge on any atom is 0.224 e. The Labute approximate surface area is 115 Å². The van der Waals surface area contributed by atoms with E-state index in [1.54, 1.807) is 12.1 Å². The van der Waals surface area contributed by atoms with Crippen molar-refractivity contribution in [3.8, 4) is 11.5 Å². The van der Waals surface area contributed by atoms with Gasteiger partial charge >= 0.3 is 0 Å². The minimum Gasteiger partial charge on any atom is -0.486 e. The normalized spacial score (nSPS) is 13.2. The Hall–Kier alpha value is -1.13. The summed E-state index contributed by atoms with van der Waals surface area (Å²) >= 11 is 11.6. The number of nitrogens with one attached hydrogen (secondary N) is 1. The van der Waals surface area contributed by atoms with Gasteiger partial charge in [-0.05, 0) is 6.42 Å². The van der Waals surface area contributed by atoms with Crippen molar-refractivity contribution in [3.63, 3.8) is 0 Å². The van der Waals surface area contributed by atoms with Gasteiger partial charge in [0, 0.05) is 24.4 Å². The molecule has 0 saturated carbocycles. The van der Waals surface area contributed by atoms with Crippen molar-refractivity contribution in [2.24, 2.45) is 0 Å². The number of carbonyl (C=O) groups is 1. The van der Waals surface area contributed by atoms with Crippen LogP contribution in [0.3, 0.4) is 0 Å². The third-order valence-corrected chi connectivity index (χ3v) is 3.02. The quantitative estimate of drug-likeness (QED) is 0.867. The zero-order valence-corrected chi connectivity index (χ0v) is 11.2. The van der Waals surface area contributed by atoms with Crippen LogP contribution in [0.2, 0.25) is 5.02 Å². The zero-order chi connectivity index (χ0) is 13.0. The van der Waals surface area contributed by atoms with Gasteiger partial charge in [0.25, 0.3) is 0 Å². The molecule has 0 aromatic heterocycles. The molecule has 2 rings (SSSR count). The van der Waals surface area contributed by atoms with E-state index >= 15 is 0 Å². The van der Waals surface area contributed by atoms with Crippen molar-refractivity contribution in [1.29, 1.82) is 0 Å². The molecule has 1 aromatic carbocycles. The number of halogens is 2. The molecular formula is C12H13Cl2NO3. The fraction of sp³-hybridized carbons (Fsp3) is 0.417. The van der Waals surface area contributed by atoms with Crippen molar-refractivity contribution < 1.29 is 14.3 Å². The van der Waals surface area contributed by atoms with Gasteiger partial charge < -0.3 is 14.8 Å². The van der Waals surface area contributed by atoms with Crippen LogP contribution in [0.25, 0.3) is 0 Å². The van der Waals surface area contributed by atoms with E-state index in [0.717, 1.165) is 0 Å². The van der Waals surface area contributed by atoms with Crippen molar-refractivity contribution in [2.75, 3.05) is 24.4 Å². The van der Waals surface area contributed by atoms with E-state index in [0.29, 0.717) is 54.1 Å². The maximum atomic E-state index is 11.6. The molecule has 0 unspecified atom stereocenters. The predicted octanol–water partition coefficient (Wildman–Crippen LogP) is 3.07. The molecule has 0 bridgehead atoms. The number of hydrogen-bond acceptors (Lipinski definition) is 3. The minimum atomic E-state index is -0.116. The highest BCUT2D eigenvalue weighted by atomic mass is 35.5.